The van der Waals surface area contributed by atoms with Crippen LogP contribution in [0.25, 0.3) is 0 Å². The van der Waals surface area contributed by atoms with Gasteiger partial charge < -0.3 is 19.7 Å². The molecule has 1 N–H and O–H groups in total. The number of benzene rings is 1. The number of amides is 1. The summed E-state index contributed by atoms with van der Waals surface area (Å²) in [5, 5.41) is 2.69. The predicted molar refractivity (Wildman–Crippen MR) is 106 cm³/mol. The van der Waals surface area contributed by atoms with Crippen LogP contribution in [0.1, 0.15) is 25.5 Å². The lowest BCUT2D eigenvalue weighted by Gasteiger charge is -2.38. The highest BCUT2D eigenvalue weighted by molar-refractivity contribution is 5.88. The minimum atomic E-state index is -0.127. The van der Waals surface area contributed by atoms with Crippen LogP contribution in [-0.2, 0) is 4.79 Å². The van der Waals surface area contributed by atoms with E-state index in [0.717, 1.165) is 37.7 Å². The highest BCUT2D eigenvalue weighted by Crippen LogP contribution is 2.34. The van der Waals surface area contributed by atoms with Crippen molar-refractivity contribution in [2.24, 2.45) is 0 Å². The molecule has 148 valence electrons. The molecule has 3 heterocycles. The molecule has 0 radical (unpaired) electrons. The van der Waals surface area contributed by atoms with Gasteiger partial charge >= 0.3 is 0 Å². The van der Waals surface area contributed by atoms with Gasteiger partial charge in [-0.1, -0.05) is 6.07 Å². The van der Waals surface area contributed by atoms with Crippen molar-refractivity contribution >= 4 is 17.5 Å². The van der Waals surface area contributed by atoms with E-state index in [4.69, 9.17) is 9.47 Å². The molecular weight excluding hydrogens is 358 g/mol. The first-order valence-corrected chi connectivity index (χ1v) is 9.58. The lowest BCUT2D eigenvalue weighted by atomic mass is 10.0. The maximum Gasteiger partial charge on any atom is 0.225 e. The van der Waals surface area contributed by atoms with Gasteiger partial charge in [-0.15, -0.1) is 0 Å². The number of aromatic nitrogens is 2. The molecule has 4 rings (SSSR count). The van der Waals surface area contributed by atoms with Crippen LogP contribution in [0.15, 0.2) is 30.6 Å². The van der Waals surface area contributed by atoms with Crippen LogP contribution in [0.2, 0.25) is 0 Å². The zero-order valence-corrected chi connectivity index (χ0v) is 16.2. The largest absolute Gasteiger partial charge is 0.486 e. The van der Waals surface area contributed by atoms with Crippen molar-refractivity contribution in [1.29, 1.82) is 0 Å². The Labute approximate surface area is 164 Å². The lowest BCUT2D eigenvalue weighted by Crippen LogP contribution is -2.47. The SMILES string of the molecule is CC(=O)Nc1cnc(N2CCN([C@@H](C)c3ccc4c(c3)OCCO4)CC2)nc1. The number of hydrogen-bond donors (Lipinski definition) is 1. The number of anilines is 2. The third-order valence-electron chi connectivity index (χ3n) is 5.15. The van der Waals surface area contributed by atoms with Gasteiger partial charge in [0.2, 0.25) is 11.9 Å². The molecule has 0 spiro atoms. The molecule has 2 aliphatic rings. The maximum atomic E-state index is 11.1. The molecule has 0 unspecified atom stereocenters. The second-order valence-electron chi connectivity index (χ2n) is 7.06. The van der Waals surface area contributed by atoms with E-state index in [1.54, 1.807) is 12.4 Å². The molecular formula is C20H25N5O3. The third kappa shape index (κ3) is 4.01. The molecule has 0 aliphatic carbocycles. The minimum Gasteiger partial charge on any atom is -0.486 e. The summed E-state index contributed by atoms with van der Waals surface area (Å²) in [4.78, 5) is 24.5. The molecule has 0 saturated carbocycles. The van der Waals surface area contributed by atoms with E-state index in [1.165, 1.54) is 12.5 Å². The first kappa shape index (κ1) is 18.5. The summed E-state index contributed by atoms with van der Waals surface area (Å²) in [5.74, 6) is 2.23. The van der Waals surface area contributed by atoms with Crippen LogP contribution in [0, 0.1) is 0 Å². The number of nitrogens with one attached hydrogen (secondary N) is 1. The van der Waals surface area contributed by atoms with Gasteiger partial charge in [-0.05, 0) is 24.6 Å². The fraction of sp³-hybridized carbons (Fsp3) is 0.450. The Bertz CT molecular complexity index is 834. The highest BCUT2D eigenvalue weighted by atomic mass is 16.6. The quantitative estimate of drug-likeness (QED) is 0.866. The zero-order valence-electron chi connectivity index (χ0n) is 16.2. The van der Waals surface area contributed by atoms with Crippen molar-refractivity contribution in [3.05, 3.63) is 36.2 Å². The summed E-state index contributed by atoms with van der Waals surface area (Å²) < 4.78 is 11.3. The van der Waals surface area contributed by atoms with Crippen molar-refractivity contribution in [1.82, 2.24) is 14.9 Å². The van der Waals surface area contributed by atoms with Crippen molar-refractivity contribution in [3.8, 4) is 11.5 Å². The monoisotopic (exact) mass is 383 g/mol. The van der Waals surface area contributed by atoms with Gasteiger partial charge in [-0.3, -0.25) is 9.69 Å². The van der Waals surface area contributed by atoms with E-state index < -0.39 is 0 Å². The molecule has 1 aromatic carbocycles. The van der Waals surface area contributed by atoms with Crippen LogP contribution in [0.5, 0.6) is 11.5 Å². The number of carbonyl (C=O) groups is 1. The molecule has 1 saturated heterocycles. The van der Waals surface area contributed by atoms with E-state index in [2.05, 4.69) is 44.1 Å². The summed E-state index contributed by atoms with van der Waals surface area (Å²) in [6.45, 7) is 8.46. The minimum absolute atomic E-state index is 0.127. The molecule has 1 atom stereocenters. The van der Waals surface area contributed by atoms with E-state index >= 15 is 0 Å². The van der Waals surface area contributed by atoms with E-state index in [1.807, 2.05) is 6.07 Å². The van der Waals surface area contributed by atoms with E-state index in [-0.39, 0.29) is 5.91 Å². The fourth-order valence-electron chi connectivity index (χ4n) is 3.59. The third-order valence-corrected chi connectivity index (χ3v) is 5.15. The second kappa shape index (κ2) is 8.02. The molecule has 8 heteroatoms. The lowest BCUT2D eigenvalue weighted by molar-refractivity contribution is -0.114. The molecule has 8 nitrogen and oxygen atoms in total. The molecule has 2 aliphatic heterocycles. The van der Waals surface area contributed by atoms with Crippen molar-refractivity contribution in [2.75, 3.05) is 49.6 Å². The number of piperazine rings is 1. The fourth-order valence-corrected chi connectivity index (χ4v) is 3.59. The average Bonchev–Trinajstić information content (AvgIpc) is 2.73. The van der Waals surface area contributed by atoms with Crippen LogP contribution in [-0.4, -0.2) is 60.2 Å². The van der Waals surface area contributed by atoms with Crippen molar-refractivity contribution in [2.45, 2.75) is 19.9 Å². The first-order chi connectivity index (χ1) is 13.6. The van der Waals surface area contributed by atoms with Gasteiger partial charge in [-0.25, -0.2) is 9.97 Å². The van der Waals surface area contributed by atoms with Crippen molar-refractivity contribution in [3.63, 3.8) is 0 Å². The number of rotatable bonds is 4. The summed E-state index contributed by atoms with van der Waals surface area (Å²) in [6.07, 6.45) is 3.29. The smallest absolute Gasteiger partial charge is 0.225 e. The maximum absolute atomic E-state index is 11.1. The molecule has 1 fully saturated rings. The topological polar surface area (TPSA) is 79.8 Å². The Morgan fingerprint density at radius 3 is 2.43 bits per heavy atom. The zero-order chi connectivity index (χ0) is 19.5. The summed E-state index contributed by atoms with van der Waals surface area (Å²) >= 11 is 0. The molecule has 1 amide bonds. The number of hydrogen-bond acceptors (Lipinski definition) is 7. The van der Waals surface area contributed by atoms with Gasteiger partial charge in [0.1, 0.15) is 13.2 Å². The summed E-state index contributed by atoms with van der Waals surface area (Å²) in [5.41, 5.74) is 1.84. The normalized spacial score (nSPS) is 17.9. The highest BCUT2D eigenvalue weighted by Gasteiger charge is 2.24. The Morgan fingerprint density at radius 1 is 1.07 bits per heavy atom. The van der Waals surface area contributed by atoms with Crippen LogP contribution >= 0.6 is 0 Å². The Balaban J connectivity index is 1.36. The van der Waals surface area contributed by atoms with Gasteiger partial charge in [0, 0.05) is 39.1 Å². The predicted octanol–water partition coefficient (Wildman–Crippen LogP) is 2.09. The first-order valence-electron chi connectivity index (χ1n) is 9.58. The molecule has 28 heavy (non-hydrogen) atoms. The van der Waals surface area contributed by atoms with Gasteiger partial charge in [0.05, 0.1) is 18.1 Å². The van der Waals surface area contributed by atoms with Crippen LogP contribution < -0.4 is 19.7 Å². The summed E-state index contributed by atoms with van der Waals surface area (Å²) in [7, 11) is 0. The van der Waals surface area contributed by atoms with Gasteiger partial charge in [-0.2, -0.15) is 0 Å². The van der Waals surface area contributed by atoms with Crippen LogP contribution in [0.3, 0.4) is 0 Å². The van der Waals surface area contributed by atoms with Crippen LogP contribution in [0.4, 0.5) is 11.6 Å². The Hall–Kier alpha value is -2.87. The number of nitrogens with zero attached hydrogens (tertiary/aromatic N) is 4. The number of ether oxygens (including phenoxy) is 2. The molecule has 1 aromatic heterocycles. The molecule has 0 bridgehead atoms. The van der Waals surface area contributed by atoms with Crippen molar-refractivity contribution < 1.29 is 14.3 Å². The second-order valence-corrected chi connectivity index (χ2v) is 7.06. The van der Waals surface area contributed by atoms with E-state index in [0.29, 0.717) is 30.9 Å². The van der Waals surface area contributed by atoms with Gasteiger partial charge in [0.25, 0.3) is 0 Å². The van der Waals surface area contributed by atoms with Gasteiger partial charge in [0.15, 0.2) is 11.5 Å². The Kier molecular flexibility index (Phi) is 5.29. The average molecular weight is 383 g/mol. The standard InChI is InChI=1S/C20H25N5O3/c1-14(16-3-4-18-19(11-16)28-10-9-27-18)24-5-7-25(8-6-24)20-21-12-17(13-22-20)23-15(2)26/h3-4,11-14H,5-10H2,1-2H3,(H,23,26)/t14-/m0/s1. The summed E-state index contributed by atoms with van der Waals surface area (Å²) in [6, 6.07) is 6.51. The number of carbonyl (C=O) groups excluding carboxylic acids is 1. The Morgan fingerprint density at radius 2 is 1.75 bits per heavy atom. The number of fused-ring (bicyclic) bond motifs is 1. The molecule has 2 aromatic rings. The van der Waals surface area contributed by atoms with E-state index in [9.17, 15) is 4.79 Å².